The van der Waals surface area contributed by atoms with Crippen LogP contribution in [0.5, 0.6) is 0 Å². The topological polar surface area (TPSA) is 84.7 Å². The number of thioether (sulfide) groups is 1. The Morgan fingerprint density at radius 3 is 2.66 bits per heavy atom. The molecule has 0 bridgehead atoms. The Labute approximate surface area is 193 Å². The van der Waals surface area contributed by atoms with E-state index in [1.807, 2.05) is 47.2 Å². The molecule has 7 nitrogen and oxygen atoms in total. The summed E-state index contributed by atoms with van der Waals surface area (Å²) in [5, 5.41) is 18.0. The van der Waals surface area contributed by atoms with E-state index < -0.39 is 0 Å². The molecule has 1 amide bonds. The number of nitrogens with one attached hydrogen (secondary N) is 2. The van der Waals surface area contributed by atoms with Crippen molar-refractivity contribution in [2.45, 2.75) is 25.2 Å². The lowest BCUT2D eigenvalue weighted by molar-refractivity contribution is -0.113. The van der Waals surface area contributed by atoms with Gasteiger partial charge < -0.3 is 15.2 Å². The minimum absolute atomic E-state index is 0.176. The molecule has 0 saturated heterocycles. The Balaban J connectivity index is 1.33. The van der Waals surface area contributed by atoms with Crippen molar-refractivity contribution in [2.24, 2.45) is 0 Å². The normalized spacial score (nSPS) is 10.8. The van der Waals surface area contributed by atoms with E-state index in [2.05, 4.69) is 25.8 Å². The van der Waals surface area contributed by atoms with E-state index in [0.29, 0.717) is 23.9 Å². The molecule has 32 heavy (non-hydrogen) atoms. The third-order valence-corrected chi connectivity index (χ3v) is 6.31. The maximum absolute atomic E-state index is 13.0. The maximum Gasteiger partial charge on any atom is 0.234 e. The molecule has 0 aliphatic heterocycles. The van der Waals surface area contributed by atoms with Gasteiger partial charge in [0.1, 0.15) is 5.82 Å². The van der Waals surface area contributed by atoms with Gasteiger partial charge in [-0.3, -0.25) is 4.79 Å². The molecule has 164 valence electrons. The molecule has 2 aromatic carbocycles. The van der Waals surface area contributed by atoms with Gasteiger partial charge in [0, 0.05) is 23.2 Å². The van der Waals surface area contributed by atoms with Crippen LogP contribution >= 0.6 is 23.1 Å². The summed E-state index contributed by atoms with van der Waals surface area (Å²) < 4.78 is 15.0. The van der Waals surface area contributed by atoms with Gasteiger partial charge in [-0.1, -0.05) is 42.1 Å². The fourth-order valence-corrected chi connectivity index (χ4v) is 4.53. The monoisotopic (exact) mass is 468 g/mol. The van der Waals surface area contributed by atoms with Crippen LogP contribution in [0.1, 0.15) is 12.7 Å². The zero-order valence-electron chi connectivity index (χ0n) is 17.3. The van der Waals surface area contributed by atoms with Crippen molar-refractivity contribution < 1.29 is 9.18 Å². The van der Waals surface area contributed by atoms with Gasteiger partial charge in [0.05, 0.1) is 18.0 Å². The third-order valence-electron chi connectivity index (χ3n) is 4.54. The summed E-state index contributed by atoms with van der Waals surface area (Å²) in [4.78, 5) is 16.8. The highest BCUT2D eigenvalue weighted by atomic mass is 32.2. The number of nitrogens with zero attached hydrogens (tertiary/aromatic N) is 4. The minimum atomic E-state index is -0.344. The second-order valence-corrected chi connectivity index (χ2v) is 8.54. The summed E-state index contributed by atoms with van der Waals surface area (Å²) in [6.45, 7) is 3.16. The van der Waals surface area contributed by atoms with Crippen molar-refractivity contribution in [1.82, 2.24) is 19.7 Å². The van der Waals surface area contributed by atoms with E-state index in [9.17, 15) is 9.18 Å². The highest BCUT2D eigenvalue weighted by Gasteiger charge is 2.14. The van der Waals surface area contributed by atoms with Crippen molar-refractivity contribution in [2.75, 3.05) is 16.4 Å². The van der Waals surface area contributed by atoms with E-state index in [4.69, 9.17) is 0 Å². The number of aromatic nitrogens is 4. The predicted octanol–water partition coefficient (Wildman–Crippen LogP) is 4.90. The molecule has 2 aromatic heterocycles. The Bertz CT molecular complexity index is 1180. The van der Waals surface area contributed by atoms with Crippen LogP contribution in [0.4, 0.5) is 15.2 Å². The standard InChI is InChI=1S/C22H21FN6OS2/c1-2-29-19(12-24-21-26-18(13-31-21)15-6-4-3-5-7-15)27-28-22(29)32-14-20(30)25-17-10-8-16(23)9-11-17/h3-11,13H,2,12,14H2,1H3,(H,24,26)(H,25,30). The number of benzene rings is 2. The molecule has 4 aromatic rings. The number of halogens is 1. The molecule has 4 rings (SSSR count). The van der Waals surface area contributed by atoms with Crippen LogP contribution in [0, 0.1) is 5.82 Å². The number of hydrogen-bond acceptors (Lipinski definition) is 7. The smallest absolute Gasteiger partial charge is 0.234 e. The first-order valence-electron chi connectivity index (χ1n) is 9.97. The maximum atomic E-state index is 13.0. The van der Waals surface area contributed by atoms with Crippen LogP contribution in [-0.4, -0.2) is 31.4 Å². The van der Waals surface area contributed by atoms with Crippen molar-refractivity contribution in [3.8, 4) is 11.3 Å². The van der Waals surface area contributed by atoms with Crippen molar-refractivity contribution in [3.05, 3.63) is 71.6 Å². The Kier molecular flexibility index (Phi) is 7.13. The van der Waals surface area contributed by atoms with Gasteiger partial charge in [-0.25, -0.2) is 9.37 Å². The Hall–Kier alpha value is -3.24. The average Bonchev–Trinajstić information content (AvgIpc) is 3.45. The van der Waals surface area contributed by atoms with Gasteiger partial charge in [0.2, 0.25) is 5.91 Å². The molecule has 2 N–H and O–H groups in total. The zero-order valence-corrected chi connectivity index (χ0v) is 18.9. The molecular formula is C22H21FN6OS2. The van der Waals surface area contributed by atoms with Crippen LogP contribution in [0.15, 0.2) is 65.1 Å². The molecule has 0 fully saturated rings. The van der Waals surface area contributed by atoms with Gasteiger partial charge in [0.15, 0.2) is 16.1 Å². The van der Waals surface area contributed by atoms with Crippen molar-refractivity contribution >= 4 is 39.8 Å². The van der Waals surface area contributed by atoms with E-state index in [0.717, 1.165) is 22.2 Å². The summed E-state index contributed by atoms with van der Waals surface area (Å²) in [6, 6.07) is 15.7. The number of amides is 1. The summed E-state index contributed by atoms with van der Waals surface area (Å²) >= 11 is 2.85. The number of thiazole rings is 1. The van der Waals surface area contributed by atoms with Crippen LogP contribution in [0.25, 0.3) is 11.3 Å². The number of carbonyl (C=O) groups excluding carboxylic acids is 1. The summed E-state index contributed by atoms with van der Waals surface area (Å²) in [7, 11) is 0. The first kappa shape index (κ1) is 22.0. The number of rotatable bonds is 9. The van der Waals surface area contributed by atoms with E-state index in [1.54, 1.807) is 0 Å². The first-order chi connectivity index (χ1) is 15.6. The summed E-state index contributed by atoms with van der Waals surface area (Å²) in [6.07, 6.45) is 0. The van der Waals surface area contributed by atoms with Gasteiger partial charge in [-0.2, -0.15) is 0 Å². The summed E-state index contributed by atoms with van der Waals surface area (Å²) in [5.41, 5.74) is 2.56. The van der Waals surface area contributed by atoms with Crippen LogP contribution in [0.2, 0.25) is 0 Å². The highest BCUT2D eigenvalue weighted by Crippen LogP contribution is 2.25. The molecule has 0 atom stereocenters. The van der Waals surface area contributed by atoms with Crippen LogP contribution < -0.4 is 10.6 Å². The zero-order chi connectivity index (χ0) is 22.3. The van der Waals surface area contributed by atoms with E-state index >= 15 is 0 Å². The highest BCUT2D eigenvalue weighted by molar-refractivity contribution is 7.99. The molecule has 0 aliphatic rings. The lowest BCUT2D eigenvalue weighted by atomic mass is 10.2. The molecular weight excluding hydrogens is 447 g/mol. The first-order valence-corrected chi connectivity index (χ1v) is 11.8. The van der Waals surface area contributed by atoms with Gasteiger partial charge in [-0.15, -0.1) is 21.5 Å². The fraction of sp³-hybridized carbons (Fsp3) is 0.182. The lowest BCUT2D eigenvalue weighted by Gasteiger charge is -2.08. The van der Waals surface area contributed by atoms with Crippen molar-refractivity contribution in [1.29, 1.82) is 0 Å². The lowest BCUT2D eigenvalue weighted by Crippen LogP contribution is -2.15. The Morgan fingerprint density at radius 2 is 1.91 bits per heavy atom. The largest absolute Gasteiger partial charge is 0.354 e. The number of carbonyl (C=O) groups is 1. The SMILES string of the molecule is CCn1c(CNc2nc(-c3ccccc3)cs2)nnc1SCC(=O)Nc1ccc(F)cc1. The molecule has 0 aliphatic carbocycles. The van der Waals surface area contributed by atoms with E-state index in [1.165, 1.54) is 47.4 Å². The van der Waals surface area contributed by atoms with Gasteiger partial charge in [-0.05, 0) is 31.2 Å². The third kappa shape index (κ3) is 5.51. The van der Waals surface area contributed by atoms with E-state index in [-0.39, 0.29) is 17.5 Å². The number of anilines is 2. The second kappa shape index (κ2) is 10.4. The fourth-order valence-electron chi connectivity index (χ4n) is 2.99. The molecule has 0 saturated carbocycles. The number of hydrogen-bond donors (Lipinski definition) is 2. The molecule has 0 radical (unpaired) electrons. The van der Waals surface area contributed by atoms with Gasteiger partial charge >= 0.3 is 0 Å². The summed E-state index contributed by atoms with van der Waals surface area (Å²) in [5.74, 6) is 0.410. The quantitative estimate of drug-likeness (QED) is 0.340. The molecule has 0 spiro atoms. The van der Waals surface area contributed by atoms with Gasteiger partial charge in [0.25, 0.3) is 0 Å². The second-order valence-electron chi connectivity index (χ2n) is 6.74. The average molecular weight is 469 g/mol. The molecule has 2 heterocycles. The molecule has 10 heteroatoms. The predicted molar refractivity (Wildman–Crippen MR) is 126 cm³/mol. The Morgan fingerprint density at radius 1 is 1.12 bits per heavy atom. The molecule has 0 unspecified atom stereocenters. The minimum Gasteiger partial charge on any atom is -0.354 e. The van der Waals surface area contributed by atoms with Crippen LogP contribution in [0.3, 0.4) is 0 Å². The van der Waals surface area contributed by atoms with Crippen LogP contribution in [-0.2, 0) is 17.9 Å². The van der Waals surface area contributed by atoms with Crippen molar-refractivity contribution in [3.63, 3.8) is 0 Å².